The van der Waals surface area contributed by atoms with Gasteiger partial charge in [-0.05, 0) is 62.4 Å². The zero-order valence-electron chi connectivity index (χ0n) is 20.8. The smallest absolute Gasteiger partial charge is 0.410 e. The third-order valence-electron chi connectivity index (χ3n) is 5.98. The second kappa shape index (κ2) is 10.9. The first kappa shape index (κ1) is 25.6. The number of likely N-dealkylation sites (N-methyl/N-ethyl adjacent to an activating group) is 1. The first-order chi connectivity index (χ1) is 16.1. The Morgan fingerprint density at radius 1 is 1.15 bits per heavy atom. The van der Waals surface area contributed by atoms with E-state index in [4.69, 9.17) is 9.47 Å². The quantitative estimate of drug-likeness (QED) is 0.594. The summed E-state index contributed by atoms with van der Waals surface area (Å²) in [5.41, 5.74) is 2.35. The maximum absolute atomic E-state index is 12.4. The molecule has 0 aromatic heterocycles. The van der Waals surface area contributed by atoms with Crippen LogP contribution in [0.2, 0.25) is 0 Å². The number of carbonyl (C=O) groups excluding carboxylic acids is 1. The topological polar surface area (TPSA) is 79.3 Å². The van der Waals surface area contributed by atoms with Gasteiger partial charge in [-0.25, -0.2) is 4.79 Å². The summed E-state index contributed by atoms with van der Waals surface area (Å²) < 4.78 is 11.3. The molecular weight excluding hydrogens is 432 g/mol. The molecule has 0 fully saturated rings. The number of fused-ring (bicyclic) bond motifs is 1. The van der Waals surface area contributed by atoms with Gasteiger partial charge in [0.2, 0.25) is 0 Å². The number of nitrogens with zero attached hydrogens (tertiary/aromatic N) is 2. The number of hydrogen-bond acceptors (Lipinski definition) is 5. The molecule has 0 bridgehead atoms. The van der Waals surface area contributed by atoms with E-state index in [1.165, 1.54) is 4.90 Å². The number of hydrogen-bond donors (Lipinski definition) is 1. The highest BCUT2D eigenvalue weighted by molar-refractivity contribution is 5.77. The Kier molecular flexibility index (Phi) is 8.20. The predicted octanol–water partition coefficient (Wildman–Crippen LogP) is 4.89. The van der Waals surface area contributed by atoms with Gasteiger partial charge in [0.1, 0.15) is 24.0 Å². The molecule has 0 aliphatic carbocycles. The number of rotatable bonds is 8. The lowest BCUT2D eigenvalue weighted by molar-refractivity contribution is -0.145. The fourth-order valence-electron chi connectivity index (χ4n) is 4.26. The lowest BCUT2D eigenvalue weighted by Gasteiger charge is -2.41. The van der Waals surface area contributed by atoms with E-state index < -0.39 is 23.7 Å². The van der Waals surface area contributed by atoms with Crippen LogP contribution in [0.3, 0.4) is 0 Å². The minimum atomic E-state index is -0.864. The van der Waals surface area contributed by atoms with Gasteiger partial charge >= 0.3 is 12.1 Å². The second-order valence-corrected chi connectivity index (χ2v) is 9.78. The van der Waals surface area contributed by atoms with Crippen LogP contribution in [0.25, 0.3) is 0 Å². The van der Waals surface area contributed by atoms with Crippen LogP contribution in [0.5, 0.6) is 5.75 Å². The molecule has 7 heteroatoms. The molecule has 1 unspecified atom stereocenters. The SMILES string of the molecule is CC[C@H]1Cc2ccc(OCCN(C)C(=O)OC(C)(C)C)cc2C(C(=O)O)N1Cc1ccccc1. The normalized spacial score (nSPS) is 18.1. The van der Waals surface area contributed by atoms with Crippen LogP contribution < -0.4 is 4.74 Å². The van der Waals surface area contributed by atoms with Gasteiger partial charge in [-0.3, -0.25) is 9.69 Å². The van der Waals surface area contributed by atoms with Crippen molar-refractivity contribution in [3.8, 4) is 5.75 Å². The molecule has 2 aromatic carbocycles. The summed E-state index contributed by atoms with van der Waals surface area (Å²) in [4.78, 5) is 28.1. The van der Waals surface area contributed by atoms with Crippen molar-refractivity contribution >= 4 is 12.1 Å². The summed E-state index contributed by atoms with van der Waals surface area (Å²) in [6.07, 6.45) is 1.25. The third-order valence-corrected chi connectivity index (χ3v) is 5.98. The molecule has 1 amide bonds. The summed E-state index contributed by atoms with van der Waals surface area (Å²) in [5.74, 6) is -0.269. The lowest BCUT2D eigenvalue weighted by Crippen LogP contribution is -2.46. The number of carboxylic acid groups (broad SMARTS) is 1. The molecule has 184 valence electrons. The van der Waals surface area contributed by atoms with E-state index in [2.05, 4.69) is 11.8 Å². The van der Waals surface area contributed by atoms with Crippen molar-refractivity contribution in [3.05, 3.63) is 65.2 Å². The molecule has 2 atom stereocenters. The van der Waals surface area contributed by atoms with E-state index in [1.54, 1.807) is 7.05 Å². The molecular formula is C27H36N2O5. The Balaban J connectivity index is 1.74. The molecule has 34 heavy (non-hydrogen) atoms. The summed E-state index contributed by atoms with van der Waals surface area (Å²) in [6, 6.07) is 15.1. The van der Waals surface area contributed by atoms with Crippen LogP contribution in [0.1, 0.15) is 56.8 Å². The number of ether oxygens (including phenoxy) is 2. The predicted molar refractivity (Wildman–Crippen MR) is 131 cm³/mol. The van der Waals surface area contributed by atoms with Gasteiger partial charge in [0.15, 0.2) is 0 Å². The van der Waals surface area contributed by atoms with E-state index in [9.17, 15) is 14.7 Å². The molecule has 0 saturated heterocycles. The van der Waals surface area contributed by atoms with Crippen molar-refractivity contribution in [1.82, 2.24) is 9.80 Å². The van der Waals surface area contributed by atoms with Gasteiger partial charge in [-0.1, -0.05) is 43.3 Å². The number of amides is 1. The van der Waals surface area contributed by atoms with Crippen molar-refractivity contribution in [2.75, 3.05) is 20.2 Å². The highest BCUT2D eigenvalue weighted by atomic mass is 16.6. The molecule has 0 saturated carbocycles. The molecule has 1 heterocycles. The van der Waals surface area contributed by atoms with Crippen molar-refractivity contribution in [2.24, 2.45) is 0 Å². The van der Waals surface area contributed by atoms with Gasteiger partial charge in [-0.15, -0.1) is 0 Å². The minimum Gasteiger partial charge on any atom is -0.492 e. The third kappa shape index (κ3) is 6.50. The van der Waals surface area contributed by atoms with Crippen LogP contribution in [-0.4, -0.2) is 58.8 Å². The summed E-state index contributed by atoms with van der Waals surface area (Å²) in [7, 11) is 1.66. The van der Waals surface area contributed by atoms with E-state index in [1.807, 2.05) is 69.3 Å². The molecule has 2 aromatic rings. The molecule has 1 aliphatic rings. The monoisotopic (exact) mass is 468 g/mol. The average Bonchev–Trinajstić information content (AvgIpc) is 2.77. The first-order valence-corrected chi connectivity index (χ1v) is 11.8. The Bertz CT molecular complexity index is 986. The van der Waals surface area contributed by atoms with E-state index in [0.29, 0.717) is 18.8 Å². The standard InChI is InChI=1S/C27H36N2O5/c1-6-21-16-20-12-13-22(33-15-14-28(5)26(32)34-27(2,3)4)17-23(20)24(25(30)31)29(21)18-19-10-8-7-9-11-19/h7-13,17,21,24H,6,14-16,18H2,1-5H3,(H,30,31)/t21-,24?/m0/s1. The van der Waals surface area contributed by atoms with Gasteiger partial charge in [0.05, 0.1) is 6.54 Å². The van der Waals surface area contributed by atoms with Crippen LogP contribution in [0.15, 0.2) is 48.5 Å². The maximum Gasteiger partial charge on any atom is 0.410 e. The first-order valence-electron chi connectivity index (χ1n) is 11.8. The average molecular weight is 469 g/mol. The molecule has 3 rings (SSSR count). The maximum atomic E-state index is 12.4. The fourth-order valence-corrected chi connectivity index (χ4v) is 4.26. The van der Waals surface area contributed by atoms with Gasteiger partial charge < -0.3 is 19.5 Å². The Morgan fingerprint density at radius 2 is 1.85 bits per heavy atom. The highest BCUT2D eigenvalue weighted by Gasteiger charge is 2.38. The molecule has 7 nitrogen and oxygen atoms in total. The Labute approximate surface area is 202 Å². The van der Waals surface area contributed by atoms with Crippen LogP contribution in [0.4, 0.5) is 4.79 Å². The largest absolute Gasteiger partial charge is 0.492 e. The molecule has 0 radical (unpaired) electrons. The fraction of sp³-hybridized carbons (Fsp3) is 0.481. The van der Waals surface area contributed by atoms with Gasteiger partial charge in [0, 0.05) is 19.6 Å². The number of carboxylic acids is 1. The minimum absolute atomic E-state index is 0.142. The molecule has 1 aliphatic heterocycles. The zero-order chi connectivity index (χ0) is 24.9. The zero-order valence-corrected chi connectivity index (χ0v) is 20.8. The summed E-state index contributed by atoms with van der Waals surface area (Å²) in [5, 5.41) is 10.2. The lowest BCUT2D eigenvalue weighted by atomic mass is 9.86. The highest BCUT2D eigenvalue weighted by Crippen LogP contribution is 2.37. The Hall–Kier alpha value is -3.06. The van der Waals surface area contributed by atoms with Crippen molar-refractivity contribution < 1.29 is 24.2 Å². The van der Waals surface area contributed by atoms with Crippen LogP contribution in [0, 0.1) is 0 Å². The van der Waals surface area contributed by atoms with E-state index in [-0.39, 0.29) is 12.6 Å². The van der Waals surface area contributed by atoms with Crippen LogP contribution >= 0.6 is 0 Å². The number of aliphatic carboxylic acids is 1. The van der Waals surface area contributed by atoms with Crippen molar-refractivity contribution in [1.29, 1.82) is 0 Å². The van der Waals surface area contributed by atoms with E-state index >= 15 is 0 Å². The van der Waals surface area contributed by atoms with Crippen LogP contribution in [-0.2, 0) is 22.5 Å². The van der Waals surface area contributed by atoms with E-state index in [0.717, 1.165) is 29.5 Å². The van der Waals surface area contributed by atoms with Gasteiger partial charge in [0.25, 0.3) is 0 Å². The summed E-state index contributed by atoms with van der Waals surface area (Å²) >= 11 is 0. The number of benzene rings is 2. The van der Waals surface area contributed by atoms with Gasteiger partial charge in [-0.2, -0.15) is 0 Å². The van der Waals surface area contributed by atoms with Crippen molar-refractivity contribution in [2.45, 2.75) is 64.8 Å². The molecule has 1 N–H and O–H groups in total. The van der Waals surface area contributed by atoms with Crippen molar-refractivity contribution in [3.63, 3.8) is 0 Å². The Morgan fingerprint density at radius 3 is 2.47 bits per heavy atom. The number of carbonyl (C=O) groups is 2. The second-order valence-electron chi connectivity index (χ2n) is 9.78. The summed E-state index contributed by atoms with van der Waals surface area (Å²) in [6.45, 7) is 8.78. The molecule has 0 spiro atoms.